The van der Waals surface area contributed by atoms with Crippen LogP contribution in [-0.4, -0.2) is 11.8 Å². The molecule has 0 spiro atoms. The first kappa shape index (κ1) is 9.02. The van der Waals surface area contributed by atoms with Crippen molar-refractivity contribution in [3.63, 3.8) is 0 Å². The highest BCUT2D eigenvalue weighted by atomic mass is 31.2. The minimum atomic E-state index is -0.720. The van der Waals surface area contributed by atoms with Gasteiger partial charge in [0, 0.05) is 0 Å². The molecule has 0 aromatic rings. The molecule has 11 heavy (non-hydrogen) atoms. The molecule has 0 aromatic heterocycles. The van der Waals surface area contributed by atoms with E-state index in [-0.39, 0.29) is 5.16 Å². The lowest BCUT2D eigenvalue weighted by Crippen LogP contribution is -2.11. The molecule has 0 aromatic carbocycles. The van der Waals surface area contributed by atoms with Crippen LogP contribution in [0.5, 0.6) is 0 Å². The smallest absolute Gasteiger partial charge is 0.239 e. The highest BCUT2D eigenvalue weighted by molar-refractivity contribution is 7.49. The molecule has 3 heteroatoms. The zero-order chi connectivity index (χ0) is 8.48. The summed E-state index contributed by atoms with van der Waals surface area (Å²) in [4.78, 5) is 0. The van der Waals surface area contributed by atoms with Crippen LogP contribution in [-0.2, 0) is 9.05 Å². The lowest BCUT2D eigenvalue weighted by atomic mass is 10.2. The Labute approximate surface area is 69.5 Å². The summed E-state index contributed by atoms with van der Waals surface area (Å²) in [5.74, 6) is 0.995. The predicted octanol–water partition coefficient (Wildman–Crippen LogP) is 3.05. The maximum atomic E-state index is 5.52. The highest BCUT2D eigenvalue weighted by Crippen LogP contribution is 2.58. The molecule has 0 fully saturated rings. The molecule has 0 aliphatic carbocycles. The quantitative estimate of drug-likeness (QED) is 0.599. The molecule has 0 bridgehead atoms. The van der Waals surface area contributed by atoms with Crippen molar-refractivity contribution in [1.29, 1.82) is 0 Å². The van der Waals surface area contributed by atoms with E-state index in [1.807, 2.05) is 13.8 Å². The van der Waals surface area contributed by atoms with Gasteiger partial charge in [-0.1, -0.05) is 0 Å². The molecular weight excluding hydrogens is 159 g/mol. The standard InChI is InChI=1S/C8H15O2P/c1-5-9-11-8(3,4)6-7(2)10-11/h6H,5H2,1-4H3. The zero-order valence-electron chi connectivity index (χ0n) is 7.55. The van der Waals surface area contributed by atoms with Crippen molar-refractivity contribution in [2.45, 2.75) is 32.9 Å². The monoisotopic (exact) mass is 174 g/mol. The second kappa shape index (κ2) is 3.12. The minimum absolute atomic E-state index is 0.0927. The fourth-order valence-electron chi connectivity index (χ4n) is 1.13. The van der Waals surface area contributed by atoms with Crippen LogP contribution < -0.4 is 0 Å². The highest BCUT2D eigenvalue weighted by Gasteiger charge is 2.37. The molecule has 1 aliphatic rings. The second-order valence-corrected chi connectivity index (χ2v) is 5.28. The molecule has 0 saturated heterocycles. The summed E-state index contributed by atoms with van der Waals surface area (Å²) in [7, 11) is -0.720. The van der Waals surface area contributed by atoms with Gasteiger partial charge in [-0.25, -0.2) is 0 Å². The second-order valence-electron chi connectivity index (χ2n) is 3.17. The van der Waals surface area contributed by atoms with Gasteiger partial charge in [-0.3, -0.25) is 0 Å². The Balaban J connectivity index is 2.60. The van der Waals surface area contributed by atoms with Crippen LogP contribution in [0.2, 0.25) is 0 Å². The van der Waals surface area contributed by atoms with E-state index in [2.05, 4.69) is 19.9 Å². The van der Waals surface area contributed by atoms with Crippen LogP contribution in [0.4, 0.5) is 0 Å². The molecule has 1 aliphatic heterocycles. The molecule has 1 heterocycles. The summed E-state index contributed by atoms with van der Waals surface area (Å²) in [6.07, 6.45) is 2.13. The van der Waals surface area contributed by atoms with E-state index in [4.69, 9.17) is 9.05 Å². The van der Waals surface area contributed by atoms with Gasteiger partial charge in [0.1, 0.15) is 0 Å². The average Bonchev–Trinajstić information content (AvgIpc) is 2.07. The third-order valence-corrected chi connectivity index (χ3v) is 3.52. The van der Waals surface area contributed by atoms with Gasteiger partial charge in [-0.15, -0.1) is 0 Å². The zero-order valence-corrected chi connectivity index (χ0v) is 8.44. The summed E-state index contributed by atoms with van der Waals surface area (Å²) in [6.45, 7) is 8.99. The largest absolute Gasteiger partial charge is 0.452 e. The van der Waals surface area contributed by atoms with E-state index in [9.17, 15) is 0 Å². The van der Waals surface area contributed by atoms with Crippen LogP contribution in [0.3, 0.4) is 0 Å². The van der Waals surface area contributed by atoms with Gasteiger partial charge >= 0.3 is 0 Å². The van der Waals surface area contributed by atoms with Crippen molar-refractivity contribution in [3.05, 3.63) is 11.8 Å². The van der Waals surface area contributed by atoms with Gasteiger partial charge in [0.25, 0.3) is 0 Å². The Kier molecular flexibility index (Phi) is 2.56. The minimum Gasteiger partial charge on any atom is -0.452 e. The SMILES string of the molecule is CCOP1OC(C)=CC1(C)C. The molecule has 0 radical (unpaired) electrons. The van der Waals surface area contributed by atoms with Crippen LogP contribution in [0.25, 0.3) is 0 Å². The van der Waals surface area contributed by atoms with Crippen molar-refractivity contribution in [2.75, 3.05) is 6.61 Å². The lowest BCUT2D eigenvalue weighted by molar-refractivity contribution is 0.304. The molecule has 0 saturated carbocycles. The molecule has 2 nitrogen and oxygen atoms in total. The van der Waals surface area contributed by atoms with E-state index < -0.39 is 8.38 Å². The fraction of sp³-hybridized carbons (Fsp3) is 0.750. The number of hydrogen-bond donors (Lipinski definition) is 0. The molecule has 1 atom stereocenters. The lowest BCUT2D eigenvalue weighted by Gasteiger charge is -2.22. The van der Waals surface area contributed by atoms with E-state index in [1.165, 1.54) is 0 Å². The fourth-order valence-corrected chi connectivity index (χ4v) is 2.59. The third kappa shape index (κ3) is 1.94. The van der Waals surface area contributed by atoms with Gasteiger partial charge in [0.15, 0.2) is 0 Å². The van der Waals surface area contributed by atoms with Gasteiger partial charge in [0.05, 0.1) is 17.5 Å². The van der Waals surface area contributed by atoms with Crippen molar-refractivity contribution < 1.29 is 9.05 Å². The van der Waals surface area contributed by atoms with Gasteiger partial charge < -0.3 is 9.05 Å². The van der Waals surface area contributed by atoms with E-state index in [0.29, 0.717) is 0 Å². The van der Waals surface area contributed by atoms with Crippen molar-refractivity contribution in [2.24, 2.45) is 0 Å². The Morgan fingerprint density at radius 2 is 2.27 bits per heavy atom. The van der Waals surface area contributed by atoms with E-state index in [1.54, 1.807) is 0 Å². The molecule has 0 N–H and O–H groups in total. The number of hydrogen-bond acceptors (Lipinski definition) is 2. The van der Waals surface area contributed by atoms with Crippen LogP contribution in [0.1, 0.15) is 27.7 Å². The Morgan fingerprint density at radius 3 is 2.64 bits per heavy atom. The summed E-state index contributed by atoms with van der Waals surface area (Å²) in [5.41, 5.74) is 0. The maximum Gasteiger partial charge on any atom is 0.239 e. The van der Waals surface area contributed by atoms with Crippen LogP contribution in [0, 0.1) is 0 Å². The van der Waals surface area contributed by atoms with Gasteiger partial charge in [-0.05, 0) is 33.8 Å². The molecular formula is C8H15O2P. The first-order valence-corrected chi connectivity index (χ1v) is 5.04. The number of rotatable bonds is 2. The van der Waals surface area contributed by atoms with Gasteiger partial charge in [-0.2, -0.15) is 0 Å². The van der Waals surface area contributed by atoms with E-state index >= 15 is 0 Å². The normalized spacial score (nSPS) is 28.0. The topological polar surface area (TPSA) is 18.5 Å². The third-order valence-electron chi connectivity index (χ3n) is 1.50. The molecule has 0 amide bonds. The Bertz CT molecular complexity index is 175. The summed E-state index contributed by atoms with van der Waals surface area (Å²) in [5, 5.41) is 0.0927. The van der Waals surface area contributed by atoms with Crippen molar-refractivity contribution in [1.82, 2.24) is 0 Å². The maximum absolute atomic E-state index is 5.52. The number of allylic oxidation sites excluding steroid dienone is 2. The molecule has 64 valence electrons. The van der Waals surface area contributed by atoms with Crippen LogP contribution in [0.15, 0.2) is 11.8 Å². The van der Waals surface area contributed by atoms with Crippen molar-refractivity contribution >= 4 is 8.38 Å². The average molecular weight is 174 g/mol. The van der Waals surface area contributed by atoms with Crippen molar-refractivity contribution in [3.8, 4) is 0 Å². The first-order valence-electron chi connectivity index (χ1n) is 3.87. The molecule has 1 unspecified atom stereocenters. The van der Waals surface area contributed by atoms with E-state index in [0.717, 1.165) is 12.4 Å². The Morgan fingerprint density at radius 1 is 1.64 bits per heavy atom. The summed E-state index contributed by atoms with van der Waals surface area (Å²) < 4.78 is 11.0. The predicted molar refractivity (Wildman–Crippen MR) is 47.5 cm³/mol. The van der Waals surface area contributed by atoms with Gasteiger partial charge in [0.2, 0.25) is 8.38 Å². The summed E-state index contributed by atoms with van der Waals surface area (Å²) in [6, 6.07) is 0. The summed E-state index contributed by atoms with van der Waals surface area (Å²) >= 11 is 0. The molecule has 1 rings (SSSR count). The Hall–Kier alpha value is -0.0700. The van der Waals surface area contributed by atoms with Crippen LogP contribution >= 0.6 is 8.38 Å². The first-order chi connectivity index (χ1) is 5.06.